The van der Waals surface area contributed by atoms with Gasteiger partial charge >= 0.3 is 0 Å². The zero-order chi connectivity index (χ0) is 11.4. The van der Waals surface area contributed by atoms with Gasteiger partial charge in [0.2, 0.25) is 5.90 Å². The second-order valence-corrected chi connectivity index (χ2v) is 2.84. The molecule has 0 aliphatic carbocycles. The zero-order valence-electron chi connectivity index (χ0n) is 8.54. The van der Waals surface area contributed by atoms with Gasteiger partial charge in [-0.1, -0.05) is 6.07 Å². The molecule has 0 radical (unpaired) electrons. The average molecular weight is 252 g/mol. The van der Waals surface area contributed by atoms with Gasteiger partial charge in [-0.25, -0.2) is 8.78 Å². The van der Waals surface area contributed by atoms with Crippen molar-refractivity contribution >= 4 is 18.3 Å². The molecule has 0 saturated heterocycles. The predicted octanol–water partition coefficient (Wildman–Crippen LogP) is 2.43. The van der Waals surface area contributed by atoms with E-state index in [1.54, 1.807) is 6.92 Å². The average Bonchev–Trinajstić information content (AvgIpc) is 2.17. The highest BCUT2D eigenvalue weighted by molar-refractivity contribution is 5.85. The van der Waals surface area contributed by atoms with Crippen molar-refractivity contribution in [3.8, 4) is 0 Å². The molecule has 0 spiro atoms. The molecule has 1 aromatic carbocycles. The minimum atomic E-state index is -1.70. The van der Waals surface area contributed by atoms with Crippen molar-refractivity contribution in [2.75, 3.05) is 6.61 Å². The highest BCUT2D eigenvalue weighted by Gasteiger charge is 2.22. The maximum Gasteiger partial charge on any atom is 0.215 e. The number of halogens is 3. The Bertz CT molecular complexity index is 354. The van der Waals surface area contributed by atoms with Crippen molar-refractivity contribution in [1.29, 1.82) is 5.41 Å². The quantitative estimate of drug-likeness (QED) is 0.640. The molecule has 6 heteroatoms. The fourth-order valence-electron chi connectivity index (χ4n) is 1.14. The summed E-state index contributed by atoms with van der Waals surface area (Å²) in [5.41, 5.74) is -0.559. The van der Waals surface area contributed by atoms with Gasteiger partial charge in [0.15, 0.2) is 6.10 Å². The van der Waals surface area contributed by atoms with E-state index in [9.17, 15) is 13.9 Å². The second-order valence-electron chi connectivity index (χ2n) is 2.84. The fraction of sp³-hybridized carbons (Fsp3) is 0.300. The van der Waals surface area contributed by atoms with Crippen LogP contribution in [0, 0.1) is 17.0 Å². The maximum absolute atomic E-state index is 13.1. The van der Waals surface area contributed by atoms with Gasteiger partial charge < -0.3 is 9.84 Å². The summed E-state index contributed by atoms with van der Waals surface area (Å²) in [6, 6.07) is 3.22. The Morgan fingerprint density at radius 3 is 2.38 bits per heavy atom. The van der Waals surface area contributed by atoms with Gasteiger partial charge in [0.1, 0.15) is 11.6 Å². The summed E-state index contributed by atoms with van der Waals surface area (Å²) >= 11 is 0. The normalized spacial score (nSPS) is 11.5. The summed E-state index contributed by atoms with van der Waals surface area (Å²) in [4.78, 5) is 0. The Kier molecular flexibility index (Phi) is 5.92. The van der Waals surface area contributed by atoms with Gasteiger partial charge in [0.05, 0.1) is 12.2 Å². The Morgan fingerprint density at radius 2 is 1.94 bits per heavy atom. The highest BCUT2D eigenvalue weighted by Crippen LogP contribution is 2.21. The molecular formula is C10H12ClF2NO2. The van der Waals surface area contributed by atoms with Crippen LogP contribution in [0.4, 0.5) is 8.78 Å². The Labute approximate surface area is 98.0 Å². The lowest BCUT2D eigenvalue weighted by atomic mass is 10.1. The van der Waals surface area contributed by atoms with E-state index in [4.69, 9.17) is 5.41 Å². The van der Waals surface area contributed by atoms with Gasteiger partial charge in [-0.15, -0.1) is 12.4 Å². The molecule has 1 atom stereocenters. The maximum atomic E-state index is 13.1. The molecule has 1 aromatic rings. The van der Waals surface area contributed by atoms with E-state index in [-0.39, 0.29) is 19.0 Å². The number of hydrogen-bond donors (Lipinski definition) is 2. The third kappa shape index (κ3) is 3.15. The smallest absolute Gasteiger partial charge is 0.215 e. The van der Waals surface area contributed by atoms with Crippen LogP contribution in [-0.2, 0) is 4.74 Å². The van der Waals surface area contributed by atoms with E-state index in [1.165, 1.54) is 6.07 Å². The molecule has 0 bridgehead atoms. The molecule has 0 heterocycles. The van der Waals surface area contributed by atoms with Gasteiger partial charge in [0, 0.05) is 0 Å². The third-order valence-corrected chi connectivity index (χ3v) is 1.82. The number of aliphatic hydroxyl groups is 1. The first kappa shape index (κ1) is 14.8. The van der Waals surface area contributed by atoms with Crippen LogP contribution in [0.25, 0.3) is 0 Å². The molecule has 1 rings (SSSR count). The van der Waals surface area contributed by atoms with Crippen LogP contribution >= 0.6 is 12.4 Å². The van der Waals surface area contributed by atoms with Crippen LogP contribution in [0.15, 0.2) is 18.2 Å². The lowest BCUT2D eigenvalue weighted by Crippen LogP contribution is -2.17. The lowest BCUT2D eigenvalue weighted by Gasteiger charge is -2.13. The first-order valence-electron chi connectivity index (χ1n) is 4.41. The predicted molar refractivity (Wildman–Crippen MR) is 57.9 cm³/mol. The molecular weight excluding hydrogens is 240 g/mol. The van der Waals surface area contributed by atoms with Crippen molar-refractivity contribution in [3.63, 3.8) is 0 Å². The minimum Gasteiger partial charge on any atom is -0.479 e. The molecule has 0 aromatic heterocycles. The summed E-state index contributed by atoms with van der Waals surface area (Å²) in [6.07, 6.45) is -1.70. The van der Waals surface area contributed by atoms with E-state index >= 15 is 0 Å². The first-order valence-corrected chi connectivity index (χ1v) is 4.41. The highest BCUT2D eigenvalue weighted by atomic mass is 35.5. The standard InChI is InChI=1S/C10H11F2NO2.ClH/c1-2-15-10(13)9(14)8-6(11)4-3-5-7(8)12;/h3-5,9,13-14H,2H2,1H3;1H. The van der Waals surface area contributed by atoms with Crippen LogP contribution in [0.2, 0.25) is 0 Å². The van der Waals surface area contributed by atoms with Crippen molar-refractivity contribution in [2.24, 2.45) is 0 Å². The van der Waals surface area contributed by atoms with Crippen molar-refractivity contribution in [2.45, 2.75) is 13.0 Å². The summed E-state index contributed by atoms with van der Waals surface area (Å²) < 4.78 is 31.0. The topological polar surface area (TPSA) is 53.3 Å². The number of ether oxygens (including phenoxy) is 1. The molecule has 1 unspecified atom stereocenters. The van der Waals surface area contributed by atoms with Crippen LogP contribution < -0.4 is 0 Å². The van der Waals surface area contributed by atoms with Crippen LogP contribution in [0.3, 0.4) is 0 Å². The molecule has 16 heavy (non-hydrogen) atoms. The Morgan fingerprint density at radius 1 is 1.44 bits per heavy atom. The molecule has 0 amide bonds. The largest absolute Gasteiger partial charge is 0.479 e. The zero-order valence-corrected chi connectivity index (χ0v) is 9.35. The lowest BCUT2D eigenvalue weighted by molar-refractivity contribution is 0.183. The van der Waals surface area contributed by atoms with Crippen LogP contribution in [0.5, 0.6) is 0 Å². The van der Waals surface area contributed by atoms with Gasteiger partial charge in [0.25, 0.3) is 0 Å². The van der Waals surface area contributed by atoms with E-state index in [1.807, 2.05) is 0 Å². The van der Waals surface area contributed by atoms with Gasteiger partial charge in [-0.3, -0.25) is 5.41 Å². The number of nitrogens with one attached hydrogen (secondary N) is 1. The summed E-state index contributed by atoms with van der Waals surface area (Å²) in [6.45, 7) is 1.77. The molecule has 0 aliphatic heterocycles. The minimum absolute atomic E-state index is 0. The second kappa shape index (κ2) is 6.40. The summed E-state index contributed by atoms with van der Waals surface area (Å²) in [7, 11) is 0. The van der Waals surface area contributed by atoms with Crippen LogP contribution in [0.1, 0.15) is 18.6 Å². The Balaban J connectivity index is 0.00000225. The monoisotopic (exact) mass is 251 g/mol. The van der Waals surface area contributed by atoms with Crippen molar-refractivity contribution in [1.82, 2.24) is 0 Å². The van der Waals surface area contributed by atoms with Gasteiger partial charge in [-0.05, 0) is 19.1 Å². The Hall–Kier alpha value is -1.20. The third-order valence-electron chi connectivity index (χ3n) is 1.82. The van der Waals surface area contributed by atoms with Gasteiger partial charge in [-0.2, -0.15) is 0 Å². The summed E-state index contributed by atoms with van der Waals surface area (Å²) in [5, 5.41) is 16.7. The number of benzene rings is 1. The number of hydrogen-bond acceptors (Lipinski definition) is 3. The number of aliphatic hydroxyl groups excluding tert-OH is 1. The van der Waals surface area contributed by atoms with E-state index in [2.05, 4.69) is 4.74 Å². The van der Waals surface area contributed by atoms with Crippen molar-refractivity contribution in [3.05, 3.63) is 35.4 Å². The van der Waals surface area contributed by atoms with Crippen molar-refractivity contribution < 1.29 is 18.6 Å². The molecule has 2 N–H and O–H groups in total. The van der Waals surface area contributed by atoms with E-state index in [0.29, 0.717) is 0 Å². The first-order chi connectivity index (χ1) is 7.07. The van der Waals surface area contributed by atoms with E-state index < -0.39 is 29.2 Å². The van der Waals surface area contributed by atoms with E-state index in [0.717, 1.165) is 12.1 Å². The molecule has 0 fully saturated rings. The number of rotatable bonds is 3. The SMILES string of the molecule is CCOC(=N)C(O)c1c(F)cccc1F.Cl. The molecule has 0 aliphatic rings. The van der Waals surface area contributed by atoms with Crippen LogP contribution in [-0.4, -0.2) is 17.6 Å². The molecule has 0 saturated carbocycles. The fourth-order valence-corrected chi connectivity index (χ4v) is 1.14. The summed E-state index contributed by atoms with van der Waals surface area (Å²) in [5.74, 6) is -2.36. The molecule has 90 valence electrons. The molecule has 3 nitrogen and oxygen atoms in total.